The van der Waals surface area contributed by atoms with Crippen LogP contribution in [0.2, 0.25) is 0 Å². The lowest BCUT2D eigenvalue weighted by Crippen LogP contribution is -2.53. The summed E-state index contributed by atoms with van der Waals surface area (Å²) in [5.41, 5.74) is 9.13. The van der Waals surface area contributed by atoms with Crippen LogP contribution in [-0.2, 0) is 27.9 Å². The van der Waals surface area contributed by atoms with Gasteiger partial charge in [-0.1, -0.05) is 37.5 Å². The fourth-order valence-electron chi connectivity index (χ4n) is 6.69. The topological polar surface area (TPSA) is 67.9 Å². The van der Waals surface area contributed by atoms with Crippen LogP contribution in [0.5, 0.6) is 0 Å². The summed E-state index contributed by atoms with van der Waals surface area (Å²) in [4.78, 5) is 20.9. The summed E-state index contributed by atoms with van der Waals surface area (Å²) in [5, 5.41) is 0. The molecular weight excluding hydrogens is 386 g/mol. The summed E-state index contributed by atoms with van der Waals surface area (Å²) in [6.07, 6.45) is 11.5. The number of hydrogen-bond acceptors (Lipinski definition) is 4. The molecule has 5 nitrogen and oxygen atoms in total. The van der Waals surface area contributed by atoms with E-state index in [1.807, 2.05) is 13.8 Å². The van der Waals surface area contributed by atoms with Gasteiger partial charge in [-0.15, -0.1) is 0 Å². The average Bonchev–Trinajstić information content (AvgIpc) is 3.13. The molecule has 1 atom stereocenters. The largest absolute Gasteiger partial charge is 0.381 e. The number of guanidine groups is 1. The van der Waals surface area contributed by atoms with Gasteiger partial charge in [0.2, 0.25) is 0 Å². The summed E-state index contributed by atoms with van der Waals surface area (Å²) < 4.78 is 5.66. The Balaban J connectivity index is 1.56. The number of nitrogens with zero attached hydrogens (tertiary/aromatic N) is 2. The van der Waals surface area contributed by atoms with Crippen molar-refractivity contribution in [3.63, 3.8) is 0 Å². The number of aliphatic imine (C=N–C) groups is 1. The minimum absolute atomic E-state index is 0.00818. The van der Waals surface area contributed by atoms with E-state index in [-0.39, 0.29) is 23.5 Å². The highest BCUT2D eigenvalue weighted by atomic mass is 16.5. The molecule has 5 rings (SSSR count). The summed E-state index contributed by atoms with van der Waals surface area (Å²) in [6.45, 7) is 4.05. The summed E-state index contributed by atoms with van der Waals surface area (Å²) in [7, 11) is 1.80. The van der Waals surface area contributed by atoms with Gasteiger partial charge in [0.25, 0.3) is 5.91 Å². The number of nitrogens with two attached hydrogens (primary N) is 1. The maximum absolute atomic E-state index is 14.1. The van der Waals surface area contributed by atoms with Gasteiger partial charge < -0.3 is 10.5 Å². The molecule has 5 heteroatoms. The number of ether oxygens (including phenoxy) is 1. The quantitative estimate of drug-likeness (QED) is 0.767. The second kappa shape index (κ2) is 7.61. The first-order valence-corrected chi connectivity index (χ1v) is 12.2. The van der Waals surface area contributed by atoms with Crippen molar-refractivity contribution in [1.82, 2.24) is 4.90 Å². The third-order valence-corrected chi connectivity index (χ3v) is 8.72. The predicted octanol–water partition coefficient (Wildman–Crippen LogP) is 4.31. The van der Waals surface area contributed by atoms with Crippen LogP contribution in [0, 0.1) is 11.3 Å². The zero-order valence-corrected chi connectivity index (χ0v) is 19.3. The van der Waals surface area contributed by atoms with Crippen LogP contribution >= 0.6 is 0 Å². The molecule has 3 aliphatic carbocycles. The fraction of sp³-hybridized carbons (Fsp3) is 0.692. The van der Waals surface area contributed by atoms with Crippen LogP contribution in [0.1, 0.15) is 81.9 Å². The zero-order valence-electron chi connectivity index (χ0n) is 19.3. The monoisotopic (exact) mass is 423 g/mol. The van der Waals surface area contributed by atoms with Crippen LogP contribution in [0.4, 0.5) is 0 Å². The number of methoxy groups -OCH3 is 1. The third kappa shape index (κ3) is 3.06. The molecule has 2 saturated carbocycles. The summed E-state index contributed by atoms with van der Waals surface area (Å²) in [6, 6.07) is 6.89. The number of carbonyl (C=O) groups is 1. The number of rotatable bonds is 5. The SMILES string of the molecule is COC1CCC2(CC1)Cc1ccc(CCC3CCC3)cc1C21N=C(N)N(C(C)C)C1=O. The molecule has 2 fully saturated rings. The Bertz CT molecular complexity index is 896. The van der Waals surface area contributed by atoms with E-state index in [0.29, 0.717) is 5.96 Å². The van der Waals surface area contributed by atoms with Gasteiger partial charge in [0.15, 0.2) is 11.5 Å². The standard InChI is InChI=1S/C26H37N3O2/c1-17(2)29-23(30)26(28-24(29)27)22-15-19(8-7-18-5-4-6-18)9-10-20(22)16-25(26)13-11-21(31-3)12-14-25/h9-10,15,17-18,21H,4-8,11-14,16H2,1-3H3,(H2,27,28). The van der Waals surface area contributed by atoms with Gasteiger partial charge in [-0.05, 0) is 81.4 Å². The number of hydrogen-bond donors (Lipinski definition) is 1. The molecule has 0 saturated heterocycles. The van der Waals surface area contributed by atoms with Gasteiger partial charge in [0.1, 0.15) is 0 Å². The second-order valence-corrected chi connectivity index (χ2v) is 10.7. The molecule has 0 bridgehead atoms. The van der Waals surface area contributed by atoms with Gasteiger partial charge in [0, 0.05) is 18.6 Å². The first-order chi connectivity index (χ1) is 14.9. The van der Waals surface area contributed by atoms with Crippen molar-refractivity contribution in [2.24, 2.45) is 22.1 Å². The lowest BCUT2D eigenvalue weighted by molar-refractivity contribution is -0.139. The molecular formula is C26H37N3O2. The van der Waals surface area contributed by atoms with Crippen LogP contribution in [-0.4, -0.2) is 36.0 Å². The van der Waals surface area contributed by atoms with Crippen molar-refractivity contribution in [2.45, 2.75) is 95.7 Å². The lowest BCUT2D eigenvalue weighted by atomic mass is 9.61. The summed E-state index contributed by atoms with van der Waals surface area (Å²) >= 11 is 0. The second-order valence-electron chi connectivity index (χ2n) is 10.7. The first-order valence-electron chi connectivity index (χ1n) is 12.2. The molecule has 1 unspecified atom stereocenters. The van der Waals surface area contributed by atoms with Crippen molar-refractivity contribution in [3.05, 3.63) is 34.9 Å². The molecule has 31 heavy (non-hydrogen) atoms. The Morgan fingerprint density at radius 2 is 1.97 bits per heavy atom. The third-order valence-electron chi connectivity index (χ3n) is 8.72. The zero-order chi connectivity index (χ0) is 21.8. The smallest absolute Gasteiger partial charge is 0.262 e. The fourth-order valence-corrected chi connectivity index (χ4v) is 6.69. The normalized spacial score (nSPS) is 32.8. The van der Waals surface area contributed by atoms with Crippen LogP contribution < -0.4 is 5.73 Å². The Morgan fingerprint density at radius 1 is 1.23 bits per heavy atom. The maximum atomic E-state index is 14.1. The average molecular weight is 424 g/mol. The predicted molar refractivity (Wildman–Crippen MR) is 123 cm³/mol. The van der Waals surface area contributed by atoms with Gasteiger partial charge in [-0.2, -0.15) is 0 Å². The first kappa shape index (κ1) is 21.0. The van der Waals surface area contributed by atoms with E-state index in [4.69, 9.17) is 15.5 Å². The highest BCUT2D eigenvalue weighted by Gasteiger charge is 2.66. The molecule has 1 aromatic carbocycles. The van der Waals surface area contributed by atoms with E-state index < -0.39 is 5.54 Å². The molecule has 1 heterocycles. The molecule has 1 aromatic rings. The minimum atomic E-state index is -0.859. The van der Waals surface area contributed by atoms with Gasteiger partial charge >= 0.3 is 0 Å². The minimum Gasteiger partial charge on any atom is -0.381 e. The molecule has 1 aliphatic heterocycles. The Labute approximate surface area is 186 Å². The number of amides is 1. The number of fused-ring (bicyclic) bond motifs is 3. The van der Waals surface area contributed by atoms with Crippen LogP contribution in [0.25, 0.3) is 0 Å². The van der Waals surface area contributed by atoms with E-state index in [9.17, 15) is 4.79 Å². The number of carbonyl (C=O) groups excluding carboxylic acids is 1. The van der Waals surface area contributed by atoms with E-state index in [2.05, 4.69) is 18.2 Å². The Hall–Kier alpha value is -1.88. The van der Waals surface area contributed by atoms with Crippen molar-refractivity contribution in [3.8, 4) is 0 Å². The molecule has 0 radical (unpaired) electrons. The van der Waals surface area contributed by atoms with E-state index >= 15 is 0 Å². The van der Waals surface area contributed by atoms with Crippen molar-refractivity contribution in [1.29, 1.82) is 0 Å². The van der Waals surface area contributed by atoms with Gasteiger partial charge in [-0.3, -0.25) is 9.69 Å². The highest BCUT2D eigenvalue weighted by Crippen LogP contribution is 2.62. The van der Waals surface area contributed by atoms with Crippen molar-refractivity contribution in [2.75, 3.05) is 7.11 Å². The molecule has 4 aliphatic rings. The Morgan fingerprint density at radius 3 is 2.55 bits per heavy atom. The van der Waals surface area contributed by atoms with Crippen molar-refractivity contribution >= 4 is 11.9 Å². The lowest BCUT2D eigenvalue weighted by Gasteiger charge is -2.45. The molecule has 168 valence electrons. The number of benzene rings is 1. The van der Waals surface area contributed by atoms with Crippen LogP contribution in [0.15, 0.2) is 23.2 Å². The molecule has 2 spiro atoms. The Kier molecular flexibility index (Phi) is 5.16. The molecule has 0 aromatic heterocycles. The van der Waals surface area contributed by atoms with Gasteiger partial charge in [0.05, 0.1) is 6.10 Å². The van der Waals surface area contributed by atoms with Crippen molar-refractivity contribution < 1.29 is 9.53 Å². The molecule has 2 N–H and O–H groups in total. The van der Waals surface area contributed by atoms with Crippen LogP contribution in [0.3, 0.4) is 0 Å². The maximum Gasteiger partial charge on any atom is 0.262 e. The number of aryl methyl sites for hydroxylation is 1. The van der Waals surface area contributed by atoms with E-state index in [1.165, 1.54) is 36.8 Å². The van der Waals surface area contributed by atoms with E-state index in [0.717, 1.165) is 50.0 Å². The van der Waals surface area contributed by atoms with E-state index in [1.54, 1.807) is 12.0 Å². The molecule has 1 amide bonds. The summed E-state index contributed by atoms with van der Waals surface area (Å²) in [5.74, 6) is 1.36. The highest BCUT2D eigenvalue weighted by molar-refractivity contribution is 6.08. The van der Waals surface area contributed by atoms with Gasteiger partial charge in [-0.25, -0.2) is 4.99 Å².